The maximum absolute atomic E-state index is 13.8. The Morgan fingerprint density at radius 2 is 1.83 bits per heavy atom. The van der Waals surface area contributed by atoms with Crippen molar-refractivity contribution in [3.8, 4) is 5.75 Å². The Morgan fingerprint density at radius 3 is 2.43 bits per heavy atom. The van der Waals surface area contributed by atoms with Crippen LogP contribution in [0.4, 0.5) is 13.2 Å². The molecule has 0 radical (unpaired) electrons. The number of para-hydroxylation sites is 1. The molecule has 35 heavy (non-hydrogen) atoms. The molecule has 2 aliphatic rings. The van der Waals surface area contributed by atoms with Crippen LogP contribution in [-0.4, -0.2) is 42.5 Å². The maximum atomic E-state index is 13.8. The van der Waals surface area contributed by atoms with Crippen molar-refractivity contribution in [3.05, 3.63) is 45.2 Å². The molecular formula is C25H31F3N2O4S. The molecule has 10 heteroatoms. The van der Waals surface area contributed by atoms with Crippen molar-refractivity contribution in [2.45, 2.75) is 76.8 Å². The van der Waals surface area contributed by atoms with Crippen LogP contribution >= 0.6 is 11.3 Å². The summed E-state index contributed by atoms with van der Waals surface area (Å²) in [5.41, 5.74) is -1.39. The van der Waals surface area contributed by atoms with E-state index < -0.39 is 23.4 Å². The van der Waals surface area contributed by atoms with Crippen LogP contribution < -0.4 is 9.54 Å². The lowest BCUT2D eigenvalue weighted by molar-refractivity contribution is -0.139. The number of hydrogen-bond donors (Lipinski definition) is 0. The second kappa shape index (κ2) is 10.4. The first-order valence-corrected chi connectivity index (χ1v) is 12.7. The van der Waals surface area contributed by atoms with Gasteiger partial charge in [-0.2, -0.15) is 18.2 Å². The second-order valence-corrected chi connectivity index (χ2v) is 11.0. The second-order valence-electron chi connectivity index (χ2n) is 9.96. The Hall–Kier alpha value is -2.17. The highest BCUT2D eigenvalue weighted by Gasteiger charge is 2.37. The van der Waals surface area contributed by atoms with Gasteiger partial charge in [-0.05, 0) is 43.2 Å². The molecule has 0 N–H and O–H groups in total. The number of carbonyl (C=O) groups excluding carboxylic acids is 1. The number of carbonyl (C=O) groups is 1. The Balaban J connectivity index is 1.71. The normalized spacial score (nSPS) is 21.6. The molecule has 2 atom stereocenters. The molecular weight excluding hydrogens is 481 g/mol. The number of alkyl halides is 3. The third-order valence-corrected chi connectivity index (χ3v) is 7.52. The zero-order chi connectivity index (χ0) is 25.2. The summed E-state index contributed by atoms with van der Waals surface area (Å²) in [6.45, 7) is 7.90. The molecule has 192 valence electrons. The number of nitrogens with zero attached hydrogens (tertiary/aromatic N) is 2. The molecule has 1 aromatic carbocycles. The van der Waals surface area contributed by atoms with Gasteiger partial charge in [0, 0.05) is 24.3 Å². The van der Waals surface area contributed by atoms with Gasteiger partial charge in [0.15, 0.2) is 4.80 Å². The minimum atomic E-state index is -4.68. The molecule has 0 spiro atoms. The van der Waals surface area contributed by atoms with Gasteiger partial charge in [-0.15, -0.1) is 11.3 Å². The summed E-state index contributed by atoms with van der Waals surface area (Å²) < 4.78 is 60.0. The van der Waals surface area contributed by atoms with Crippen LogP contribution in [-0.2, 0) is 27.6 Å². The molecule has 1 aromatic heterocycles. The van der Waals surface area contributed by atoms with E-state index in [2.05, 4.69) is 25.8 Å². The van der Waals surface area contributed by atoms with Gasteiger partial charge in [-0.1, -0.05) is 26.8 Å². The van der Waals surface area contributed by atoms with Crippen molar-refractivity contribution < 1.29 is 32.2 Å². The lowest BCUT2D eigenvalue weighted by Gasteiger charge is -2.18. The number of ether oxygens (including phenoxy) is 3. The number of thiazole rings is 1. The zero-order valence-electron chi connectivity index (χ0n) is 20.2. The minimum Gasteiger partial charge on any atom is -0.489 e. The molecule has 4 rings (SSSR count). The summed E-state index contributed by atoms with van der Waals surface area (Å²) in [5, 5.41) is 0. The van der Waals surface area contributed by atoms with E-state index >= 15 is 0 Å². The predicted octanol–water partition coefficient (Wildman–Crippen LogP) is 5.34. The van der Waals surface area contributed by atoms with Crippen molar-refractivity contribution in [2.75, 3.05) is 19.8 Å². The Kier molecular flexibility index (Phi) is 7.73. The Labute approximate surface area is 206 Å². The van der Waals surface area contributed by atoms with E-state index in [4.69, 9.17) is 14.2 Å². The number of rotatable bonds is 6. The average molecular weight is 513 g/mol. The lowest BCUT2D eigenvalue weighted by atomic mass is 9.95. The molecule has 6 nitrogen and oxygen atoms in total. The highest BCUT2D eigenvalue weighted by atomic mass is 32.1. The molecule has 0 bridgehead atoms. The van der Waals surface area contributed by atoms with Gasteiger partial charge in [0.2, 0.25) is 0 Å². The van der Waals surface area contributed by atoms with Gasteiger partial charge in [0.1, 0.15) is 12.4 Å². The van der Waals surface area contributed by atoms with Gasteiger partial charge in [-0.25, -0.2) is 0 Å². The first-order chi connectivity index (χ1) is 16.5. The van der Waals surface area contributed by atoms with E-state index in [0.717, 1.165) is 30.2 Å². The van der Waals surface area contributed by atoms with Crippen LogP contribution in [0.25, 0.3) is 0 Å². The first-order valence-electron chi connectivity index (χ1n) is 11.9. The number of halogens is 3. The van der Waals surface area contributed by atoms with Gasteiger partial charge in [-0.3, -0.25) is 4.79 Å². The third-order valence-electron chi connectivity index (χ3n) is 6.07. The smallest absolute Gasteiger partial charge is 0.419 e. The SMILES string of the molecule is CC(C)(C)c1cn(C[C@H]2CCCO2)/c(=N/C(=O)c2cccc(C(F)(F)F)c2OC[C@H]2CCCO2)s1. The van der Waals surface area contributed by atoms with Gasteiger partial charge in [0.25, 0.3) is 5.91 Å². The number of benzene rings is 1. The molecule has 3 heterocycles. The number of aromatic nitrogens is 1. The molecule has 2 aromatic rings. The van der Waals surface area contributed by atoms with Crippen LogP contribution in [0.5, 0.6) is 5.75 Å². The molecule has 0 saturated carbocycles. The average Bonchev–Trinajstić information content (AvgIpc) is 3.54. The molecule has 2 aliphatic heterocycles. The standard InChI is InChI=1S/C25H31F3N2O4S/c1-24(2,3)20-14-30(13-16-7-5-11-32-16)23(35-20)29-22(31)18-9-4-10-19(25(26,27)28)21(18)34-15-17-8-6-12-33-17/h4,9-10,14,16-17H,5-8,11-13,15H2,1-3H3/b29-23-/t16-,17-/m1/s1. The van der Waals surface area contributed by atoms with Gasteiger partial charge < -0.3 is 18.8 Å². The van der Waals surface area contributed by atoms with Crippen LogP contribution in [0.1, 0.15) is 67.3 Å². The topological polar surface area (TPSA) is 62.1 Å². The van der Waals surface area contributed by atoms with E-state index in [0.29, 0.717) is 31.0 Å². The maximum Gasteiger partial charge on any atom is 0.419 e. The Morgan fingerprint density at radius 1 is 1.14 bits per heavy atom. The molecule has 0 aliphatic carbocycles. The van der Waals surface area contributed by atoms with Gasteiger partial charge in [0.05, 0.1) is 29.9 Å². The number of amides is 1. The highest BCUT2D eigenvalue weighted by Crippen LogP contribution is 2.39. The van der Waals surface area contributed by atoms with E-state index in [9.17, 15) is 18.0 Å². The summed E-state index contributed by atoms with van der Waals surface area (Å²) in [6, 6.07) is 3.45. The minimum absolute atomic E-state index is 0.0188. The van der Waals surface area contributed by atoms with E-state index in [-0.39, 0.29) is 29.8 Å². The largest absolute Gasteiger partial charge is 0.489 e. The summed E-state index contributed by atoms with van der Waals surface area (Å²) in [7, 11) is 0. The zero-order valence-corrected chi connectivity index (χ0v) is 21.0. The van der Waals surface area contributed by atoms with Crippen LogP contribution in [0.15, 0.2) is 29.4 Å². The fourth-order valence-electron chi connectivity index (χ4n) is 4.14. The van der Waals surface area contributed by atoms with Crippen molar-refractivity contribution in [1.29, 1.82) is 0 Å². The lowest BCUT2D eigenvalue weighted by Crippen LogP contribution is -2.24. The fraction of sp³-hybridized carbons (Fsp3) is 0.600. The molecule has 2 fully saturated rings. The van der Waals surface area contributed by atoms with Crippen LogP contribution in [0, 0.1) is 0 Å². The highest BCUT2D eigenvalue weighted by molar-refractivity contribution is 7.09. The summed E-state index contributed by atoms with van der Waals surface area (Å²) >= 11 is 1.36. The van der Waals surface area contributed by atoms with Crippen molar-refractivity contribution in [1.82, 2.24) is 4.57 Å². The van der Waals surface area contributed by atoms with E-state index in [1.807, 2.05) is 10.8 Å². The summed E-state index contributed by atoms with van der Waals surface area (Å²) in [5.74, 6) is -1.27. The van der Waals surface area contributed by atoms with E-state index in [1.165, 1.54) is 23.5 Å². The van der Waals surface area contributed by atoms with Crippen molar-refractivity contribution in [3.63, 3.8) is 0 Å². The quantitative estimate of drug-likeness (QED) is 0.524. The monoisotopic (exact) mass is 512 g/mol. The van der Waals surface area contributed by atoms with Crippen LogP contribution in [0.2, 0.25) is 0 Å². The van der Waals surface area contributed by atoms with Crippen molar-refractivity contribution >= 4 is 17.2 Å². The van der Waals surface area contributed by atoms with Crippen molar-refractivity contribution in [2.24, 2.45) is 4.99 Å². The third kappa shape index (κ3) is 6.34. The fourth-order valence-corrected chi connectivity index (χ4v) is 5.19. The predicted molar refractivity (Wildman–Crippen MR) is 126 cm³/mol. The van der Waals surface area contributed by atoms with Crippen LogP contribution in [0.3, 0.4) is 0 Å². The molecule has 0 unspecified atom stereocenters. The first kappa shape index (κ1) is 25.9. The summed E-state index contributed by atoms with van der Waals surface area (Å²) in [6.07, 6.45) is 0.425. The number of hydrogen-bond acceptors (Lipinski definition) is 5. The van der Waals surface area contributed by atoms with E-state index in [1.54, 1.807) is 0 Å². The van der Waals surface area contributed by atoms with Gasteiger partial charge >= 0.3 is 6.18 Å². The molecule has 2 saturated heterocycles. The molecule has 1 amide bonds. The summed E-state index contributed by atoms with van der Waals surface area (Å²) in [4.78, 5) is 19.0. The Bertz CT molecular complexity index is 1110.